The van der Waals surface area contributed by atoms with E-state index in [0.29, 0.717) is 58.4 Å². The number of Topliss-reactive ketones (excluding diaryl/α,β-unsaturated/α-hetero) is 1. The highest BCUT2D eigenvalue weighted by molar-refractivity contribution is 6.31. The van der Waals surface area contributed by atoms with Crippen molar-refractivity contribution in [2.75, 3.05) is 23.8 Å². The van der Waals surface area contributed by atoms with Crippen molar-refractivity contribution in [3.8, 4) is 5.75 Å². The maximum atomic E-state index is 14.8. The van der Waals surface area contributed by atoms with Gasteiger partial charge in [0.25, 0.3) is 5.91 Å². The molecule has 0 unspecified atom stereocenters. The van der Waals surface area contributed by atoms with Gasteiger partial charge in [-0.05, 0) is 74.7 Å². The smallest absolute Gasteiger partial charge is 0.251 e. The Hall–Kier alpha value is -3.68. The van der Waals surface area contributed by atoms with Gasteiger partial charge in [0.05, 0.1) is 18.1 Å². The Morgan fingerprint density at radius 2 is 1.82 bits per heavy atom. The minimum absolute atomic E-state index is 0.195. The normalized spacial score (nSPS) is 28.4. The quantitative estimate of drug-likeness (QED) is 0.451. The lowest BCUT2D eigenvalue weighted by Gasteiger charge is -2.43. The van der Waals surface area contributed by atoms with Gasteiger partial charge < -0.3 is 15.4 Å². The first-order chi connectivity index (χ1) is 18.9. The van der Waals surface area contributed by atoms with Crippen LogP contribution in [0.15, 0.2) is 60.7 Å². The van der Waals surface area contributed by atoms with Crippen LogP contribution in [-0.4, -0.2) is 41.7 Å². The summed E-state index contributed by atoms with van der Waals surface area (Å²) in [5, 5.41) is 6.66. The van der Waals surface area contributed by atoms with E-state index in [9.17, 15) is 14.4 Å². The summed E-state index contributed by atoms with van der Waals surface area (Å²) in [5.41, 5.74) is 0.881. The SMILES string of the molecule is CCOc1ccccc1C(=O)[C@@H]1[C@@H]2CCCN2[C@@]2(C(=O)Nc3c(C)cc(Cl)cc32)[C@]12C(=O)Nc1ccccc12. The summed E-state index contributed by atoms with van der Waals surface area (Å²) in [6.07, 6.45) is 1.50. The molecule has 7 nitrogen and oxygen atoms in total. The first kappa shape index (κ1) is 24.4. The van der Waals surface area contributed by atoms with Crippen molar-refractivity contribution in [2.24, 2.45) is 5.92 Å². The van der Waals surface area contributed by atoms with E-state index in [1.807, 2.05) is 56.3 Å². The van der Waals surface area contributed by atoms with E-state index in [-0.39, 0.29) is 23.6 Å². The van der Waals surface area contributed by atoms with Crippen LogP contribution in [0, 0.1) is 12.8 Å². The van der Waals surface area contributed by atoms with Gasteiger partial charge in [0, 0.05) is 28.0 Å². The Labute approximate surface area is 231 Å². The van der Waals surface area contributed by atoms with Crippen LogP contribution in [0.3, 0.4) is 0 Å². The lowest BCUT2D eigenvalue weighted by Crippen LogP contribution is -2.62. The Kier molecular flexibility index (Phi) is 5.25. The molecule has 0 aromatic heterocycles. The summed E-state index contributed by atoms with van der Waals surface area (Å²) in [6, 6.07) is 17.9. The zero-order valence-corrected chi connectivity index (χ0v) is 22.5. The average Bonchev–Trinajstić information content (AvgIpc) is 3.64. The fraction of sp³-hybridized carbons (Fsp3) is 0.323. The molecule has 2 spiro atoms. The number of ketones is 1. The van der Waals surface area contributed by atoms with E-state index in [0.717, 1.165) is 12.0 Å². The number of hydrogen-bond donors (Lipinski definition) is 2. The summed E-state index contributed by atoms with van der Waals surface area (Å²) in [7, 11) is 0. The number of carbonyl (C=O) groups excluding carboxylic acids is 3. The Morgan fingerprint density at radius 3 is 2.64 bits per heavy atom. The number of para-hydroxylation sites is 2. The first-order valence-corrected chi connectivity index (χ1v) is 13.8. The van der Waals surface area contributed by atoms with Crippen molar-refractivity contribution in [3.05, 3.63) is 87.9 Å². The molecule has 4 aliphatic heterocycles. The zero-order valence-electron chi connectivity index (χ0n) is 21.7. The van der Waals surface area contributed by atoms with Crippen molar-refractivity contribution >= 4 is 40.6 Å². The molecule has 2 N–H and O–H groups in total. The van der Waals surface area contributed by atoms with Crippen LogP contribution in [0.25, 0.3) is 0 Å². The molecule has 198 valence electrons. The monoisotopic (exact) mass is 541 g/mol. The number of anilines is 2. The third kappa shape index (κ3) is 2.84. The highest BCUT2D eigenvalue weighted by atomic mass is 35.5. The number of nitrogens with zero attached hydrogens (tertiary/aromatic N) is 1. The van der Waals surface area contributed by atoms with Gasteiger partial charge in [-0.3, -0.25) is 19.3 Å². The highest BCUT2D eigenvalue weighted by Crippen LogP contribution is 2.68. The van der Waals surface area contributed by atoms with Crippen molar-refractivity contribution in [1.29, 1.82) is 0 Å². The maximum absolute atomic E-state index is 14.8. The van der Waals surface area contributed by atoms with Gasteiger partial charge in [0.15, 0.2) is 5.78 Å². The van der Waals surface area contributed by atoms with Gasteiger partial charge in [0.1, 0.15) is 16.7 Å². The van der Waals surface area contributed by atoms with Gasteiger partial charge in [-0.25, -0.2) is 0 Å². The number of ether oxygens (including phenoxy) is 1. The largest absolute Gasteiger partial charge is 0.493 e. The van der Waals surface area contributed by atoms with Gasteiger partial charge in [0.2, 0.25) is 5.91 Å². The van der Waals surface area contributed by atoms with E-state index in [1.54, 1.807) is 18.2 Å². The third-order valence-electron chi connectivity index (χ3n) is 9.10. The first-order valence-electron chi connectivity index (χ1n) is 13.4. The second kappa shape index (κ2) is 8.41. The summed E-state index contributed by atoms with van der Waals surface area (Å²) < 4.78 is 5.87. The van der Waals surface area contributed by atoms with Crippen LogP contribution in [0.1, 0.15) is 46.8 Å². The number of amides is 2. The molecule has 7 rings (SSSR count). The number of hydrogen-bond acceptors (Lipinski definition) is 5. The molecule has 0 radical (unpaired) electrons. The van der Waals surface area contributed by atoms with E-state index in [1.165, 1.54) is 0 Å². The van der Waals surface area contributed by atoms with Gasteiger partial charge >= 0.3 is 0 Å². The number of fused-ring (bicyclic) bond motifs is 7. The van der Waals surface area contributed by atoms with Gasteiger partial charge in [-0.1, -0.05) is 41.9 Å². The Bertz CT molecular complexity index is 1590. The zero-order chi connectivity index (χ0) is 27.1. The van der Waals surface area contributed by atoms with E-state index in [2.05, 4.69) is 15.5 Å². The molecule has 0 aliphatic carbocycles. The fourth-order valence-corrected chi connectivity index (χ4v) is 8.20. The molecule has 3 aromatic rings. The number of aryl methyl sites for hydroxylation is 1. The van der Waals surface area contributed by atoms with Crippen molar-refractivity contribution in [2.45, 2.75) is 43.7 Å². The van der Waals surface area contributed by atoms with E-state index >= 15 is 0 Å². The molecule has 3 aromatic carbocycles. The molecule has 0 bridgehead atoms. The standard InChI is InChI=1S/C31H28ClN3O4/c1-3-39-24-13-7-4-9-19(24)27(36)25-23-12-8-14-35(23)31(21-16-18(32)15-17(2)26(21)34-29(31)38)30(25)20-10-5-6-11-22(20)33-28(30)37/h4-7,9-11,13,15-16,23,25H,3,8,12,14H2,1-2H3,(H,33,37)(H,34,38)/t23-,25-,30-,31-/m0/s1. The second-order valence-electron chi connectivity index (χ2n) is 10.8. The molecular weight excluding hydrogens is 514 g/mol. The number of nitrogens with one attached hydrogen (secondary N) is 2. The highest BCUT2D eigenvalue weighted by Gasteiger charge is 2.81. The summed E-state index contributed by atoms with van der Waals surface area (Å²) >= 11 is 6.62. The van der Waals surface area contributed by atoms with E-state index < -0.39 is 16.9 Å². The van der Waals surface area contributed by atoms with Crippen molar-refractivity contribution in [1.82, 2.24) is 4.90 Å². The van der Waals surface area contributed by atoms with Crippen LogP contribution in [-0.2, 0) is 20.5 Å². The lowest BCUT2D eigenvalue weighted by molar-refractivity contribution is -0.137. The number of rotatable bonds is 4. The number of halogens is 1. The third-order valence-corrected chi connectivity index (χ3v) is 9.32. The summed E-state index contributed by atoms with van der Waals surface area (Å²) in [6.45, 7) is 4.75. The Morgan fingerprint density at radius 1 is 1.05 bits per heavy atom. The second-order valence-corrected chi connectivity index (χ2v) is 11.2. The minimum Gasteiger partial charge on any atom is -0.493 e. The lowest BCUT2D eigenvalue weighted by atomic mass is 9.57. The molecule has 2 fully saturated rings. The summed E-state index contributed by atoms with van der Waals surface area (Å²) in [5.74, 6) is -1.19. The predicted molar refractivity (Wildman–Crippen MR) is 148 cm³/mol. The van der Waals surface area contributed by atoms with Crippen LogP contribution < -0.4 is 15.4 Å². The molecule has 4 aliphatic rings. The van der Waals surface area contributed by atoms with Gasteiger partial charge in [-0.15, -0.1) is 0 Å². The molecule has 0 saturated carbocycles. The molecule has 39 heavy (non-hydrogen) atoms. The molecule has 4 heterocycles. The topological polar surface area (TPSA) is 87.7 Å². The molecule has 2 saturated heterocycles. The fourth-order valence-electron chi connectivity index (χ4n) is 7.93. The van der Waals surface area contributed by atoms with Crippen LogP contribution in [0.2, 0.25) is 5.02 Å². The van der Waals surface area contributed by atoms with Crippen molar-refractivity contribution < 1.29 is 19.1 Å². The molecule has 4 atom stereocenters. The van der Waals surface area contributed by atoms with Crippen LogP contribution in [0.4, 0.5) is 11.4 Å². The molecular formula is C31H28ClN3O4. The van der Waals surface area contributed by atoms with E-state index in [4.69, 9.17) is 16.3 Å². The summed E-state index contributed by atoms with van der Waals surface area (Å²) in [4.78, 5) is 46.1. The number of carbonyl (C=O) groups is 3. The molecule has 2 amide bonds. The number of benzene rings is 3. The minimum atomic E-state index is -1.52. The molecule has 8 heteroatoms. The van der Waals surface area contributed by atoms with Crippen molar-refractivity contribution in [3.63, 3.8) is 0 Å². The Balaban J connectivity index is 1.59. The van der Waals surface area contributed by atoms with Gasteiger partial charge in [-0.2, -0.15) is 0 Å². The van der Waals surface area contributed by atoms with Crippen LogP contribution >= 0.6 is 11.6 Å². The average molecular weight is 542 g/mol. The maximum Gasteiger partial charge on any atom is 0.251 e. The predicted octanol–water partition coefficient (Wildman–Crippen LogP) is 5.06. The van der Waals surface area contributed by atoms with Crippen LogP contribution in [0.5, 0.6) is 5.75 Å².